The molecule has 17 heavy (non-hydrogen) atoms. The van der Waals surface area contributed by atoms with E-state index in [0.717, 1.165) is 22.5 Å². The number of rotatable bonds is 3. The van der Waals surface area contributed by atoms with Gasteiger partial charge >= 0.3 is 0 Å². The van der Waals surface area contributed by atoms with E-state index in [-0.39, 0.29) is 5.78 Å². The summed E-state index contributed by atoms with van der Waals surface area (Å²) in [7, 11) is 1.94. The zero-order chi connectivity index (χ0) is 12.4. The fourth-order valence-electron chi connectivity index (χ4n) is 2.11. The number of Topliss-reactive ketones (excluding diaryl/α,β-unsaturated/α-hetero) is 1. The van der Waals surface area contributed by atoms with Gasteiger partial charge in [0, 0.05) is 7.05 Å². The number of halogens is 1. The third kappa shape index (κ3) is 2.20. The van der Waals surface area contributed by atoms with Gasteiger partial charge in [0.05, 0.1) is 16.7 Å². The van der Waals surface area contributed by atoms with Crippen molar-refractivity contribution in [1.29, 1.82) is 0 Å². The summed E-state index contributed by atoms with van der Waals surface area (Å²) < 4.78 is 1.97. The van der Waals surface area contributed by atoms with Gasteiger partial charge in [-0.1, -0.05) is 46.3 Å². The highest BCUT2D eigenvalue weighted by Crippen LogP contribution is 2.26. The van der Waals surface area contributed by atoms with Crippen LogP contribution in [0.3, 0.4) is 0 Å². The molecule has 1 aromatic heterocycles. The molecular weight excluding hydrogens is 278 g/mol. The number of carbonyl (C=O) groups excluding carboxylic acids is 1. The third-order valence-electron chi connectivity index (χ3n) is 2.88. The lowest BCUT2D eigenvalue weighted by molar-refractivity contribution is 0.101. The Labute approximate surface area is 109 Å². The number of alkyl halides is 1. The molecule has 0 fully saturated rings. The predicted molar refractivity (Wildman–Crippen MR) is 73.7 cm³/mol. The van der Waals surface area contributed by atoms with E-state index in [2.05, 4.69) is 28.1 Å². The van der Waals surface area contributed by atoms with Crippen molar-refractivity contribution in [2.75, 3.05) is 5.33 Å². The van der Waals surface area contributed by atoms with Crippen molar-refractivity contribution < 1.29 is 4.79 Å². The van der Waals surface area contributed by atoms with Crippen LogP contribution in [-0.2, 0) is 7.05 Å². The molecule has 88 valence electrons. The van der Waals surface area contributed by atoms with Gasteiger partial charge in [-0.3, -0.25) is 4.79 Å². The summed E-state index contributed by atoms with van der Waals surface area (Å²) in [5.41, 5.74) is 4.12. The molecule has 0 aliphatic rings. The average molecular weight is 292 g/mol. The molecule has 0 saturated carbocycles. The molecule has 0 atom stereocenters. The summed E-state index contributed by atoms with van der Waals surface area (Å²) in [4.78, 5) is 11.8. The highest BCUT2D eigenvalue weighted by Gasteiger charge is 2.15. The Balaban J connectivity index is 2.57. The Morgan fingerprint density at radius 1 is 1.29 bits per heavy atom. The molecule has 0 radical (unpaired) electrons. The first kappa shape index (κ1) is 12.1. The van der Waals surface area contributed by atoms with E-state index in [1.165, 1.54) is 0 Å². The zero-order valence-electron chi connectivity index (χ0n) is 9.90. The predicted octanol–water partition coefficient (Wildman–Crippen LogP) is 3.58. The number of hydrogen-bond donors (Lipinski definition) is 0. The molecule has 0 N–H and O–H groups in total. The zero-order valence-corrected chi connectivity index (χ0v) is 11.5. The van der Waals surface area contributed by atoms with Crippen molar-refractivity contribution in [3.05, 3.63) is 47.7 Å². The van der Waals surface area contributed by atoms with Gasteiger partial charge in [0.1, 0.15) is 0 Å². The van der Waals surface area contributed by atoms with E-state index in [0.29, 0.717) is 5.33 Å². The number of carbonyl (C=O) groups is 1. The SMILES string of the molecule is Cc1cc(C(=O)CBr)n(C)c1-c1ccccc1. The largest absolute Gasteiger partial charge is 0.341 e. The van der Waals surface area contributed by atoms with E-state index < -0.39 is 0 Å². The van der Waals surface area contributed by atoms with Crippen LogP contribution in [0.15, 0.2) is 36.4 Å². The molecule has 0 aliphatic carbocycles. The Morgan fingerprint density at radius 2 is 1.94 bits per heavy atom. The van der Waals surface area contributed by atoms with E-state index in [1.54, 1.807) is 0 Å². The number of benzene rings is 1. The smallest absolute Gasteiger partial charge is 0.189 e. The summed E-state index contributed by atoms with van der Waals surface area (Å²) in [6.45, 7) is 2.04. The first-order valence-electron chi connectivity index (χ1n) is 5.46. The topological polar surface area (TPSA) is 22.0 Å². The molecule has 0 spiro atoms. The first-order chi connectivity index (χ1) is 8.15. The summed E-state index contributed by atoms with van der Waals surface area (Å²) in [5.74, 6) is 0.109. The molecule has 0 amide bonds. The van der Waals surface area contributed by atoms with Crippen LogP contribution >= 0.6 is 15.9 Å². The second-order valence-electron chi connectivity index (χ2n) is 4.04. The van der Waals surface area contributed by atoms with E-state index in [1.807, 2.05) is 42.8 Å². The molecular formula is C14H14BrNO. The Morgan fingerprint density at radius 3 is 2.53 bits per heavy atom. The van der Waals surface area contributed by atoms with Crippen molar-refractivity contribution >= 4 is 21.7 Å². The Bertz CT molecular complexity index is 543. The lowest BCUT2D eigenvalue weighted by atomic mass is 10.1. The highest BCUT2D eigenvalue weighted by atomic mass is 79.9. The molecule has 0 bridgehead atoms. The van der Waals surface area contributed by atoms with Gasteiger partial charge in [0.15, 0.2) is 5.78 Å². The minimum atomic E-state index is 0.109. The molecule has 2 aromatic rings. The van der Waals surface area contributed by atoms with Crippen LogP contribution < -0.4 is 0 Å². The van der Waals surface area contributed by atoms with Crippen molar-refractivity contribution in [2.24, 2.45) is 7.05 Å². The second kappa shape index (κ2) is 4.88. The van der Waals surface area contributed by atoms with Crippen LogP contribution in [0.4, 0.5) is 0 Å². The quantitative estimate of drug-likeness (QED) is 0.626. The Kier molecular flexibility index (Phi) is 3.48. The molecule has 0 aliphatic heterocycles. The van der Waals surface area contributed by atoms with E-state index in [4.69, 9.17) is 0 Å². The standard InChI is InChI=1S/C14H14BrNO/c1-10-8-12(13(17)9-15)16(2)14(10)11-6-4-3-5-7-11/h3-8H,9H2,1-2H3. The summed E-state index contributed by atoms with van der Waals surface area (Å²) in [6.07, 6.45) is 0. The fraction of sp³-hybridized carbons (Fsp3) is 0.214. The normalized spacial score (nSPS) is 10.5. The van der Waals surface area contributed by atoms with Crippen molar-refractivity contribution in [3.8, 4) is 11.3 Å². The Hall–Kier alpha value is -1.35. The van der Waals surface area contributed by atoms with Crippen LogP contribution in [0.1, 0.15) is 16.1 Å². The number of nitrogens with zero attached hydrogens (tertiary/aromatic N) is 1. The molecule has 3 heteroatoms. The molecule has 0 unspecified atom stereocenters. The van der Waals surface area contributed by atoms with Gasteiger partial charge in [0.2, 0.25) is 0 Å². The second-order valence-corrected chi connectivity index (χ2v) is 4.60. The average Bonchev–Trinajstić information content (AvgIpc) is 2.65. The number of aryl methyl sites for hydroxylation is 1. The number of hydrogen-bond acceptors (Lipinski definition) is 1. The lowest BCUT2D eigenvalue weighted by Crippen LogP contribution is -2.07. The van der Waals surface area contributed by atoms with Crippen molar-refractivity contribution in [1.82, 2.24) is 4.57 Å². The van der Waals surface area contributed by atoms with Crippen LogP contribution in [0.25, 0.3) is 11.3 Å². The molecule has 1 heterocycles. The van der Waals surface area contributed by atoms with Crippen molar-refractivity contribution in [3.63, 3.8) is 0 Å². The van der Waals surface area contributed by atoms with Crippen LogP contribution in [0.5, 0.6) is 0 Å². The van der Waals surface area contributed by atoms with Crippen molar-refractivity contribution in [2.45, 2.75) is 6.92 Å². The van der Waals surface area contributed by atoms with E-state index >= 15 is 0 Å². The van der Waals surface area contributed by atoms with Crippen LogP contribution in [0.2, 0.25) is 0 Å². The molecule has 0 saturated heterocycles. The summed E-state index contributed by atoms with van der Waals surface area (Å²) >= 11 is 3.21. The fourth-order valence-corrected chi connectivity index (χ4v) is 2.40. The minimum Gasteiger partial charge on any atom is -0.341 e. The van der Waals surface area contributed by atoms with E-state index in [9.17, 15) is 4.79 Å². The monoisotopic (exact) mass is 291 g/mol. The van der Waals surface area contributed by atoms with Gasteiger partial charge in [-0.15, -0.1) is 0 Å². The van der Waals surface area contributed by atoms with Gasteiger partial charge in [-0.2, -0.15) is 0 Å². The highest BCUT2D eigenvalue weighted by molar-refractivity contribution is 9.09. The molecule has 2 nitrogen and oxygen atoms in total. The van der Waals surface area contributed by atoms with Gasteiger partial charge in [-0.05, 0) is 24.1 Å². The van der Waals surface area contributed by atoms with Gasteiger partial charge < -0.3 is 4.57 Å². The maximum absolute atomic E-state index is 11.8. The molecule has 2 rings (SSSR count). The van der Waals surface area contributed by atoms with Crippen LogP contribution in [0, 0.1) is 6.92 Å². The van der Waals surface area contributed by atoms with Crippen LogP contribution in [-0.4, -0.2) is 15.7 Å². The van der Waals surface area contributed by atoms with Gasteiger partial charge in [-0.25, -0.2) is 0 Å². The number of ketones is 1. The minimum absolute atomic E-state index is 0.109. The number of aromatic nitrogens is 1. The first-order valence-corrected chi connectivity index (χ1v) is 6.58. The lowest BCUT2D eigenvalue weighted by Gasteiger charge is -2.07. The molecule has 1 aromatic carbocycles. The maximum Gasteiger partial charge on any atom is 0.189 e. The maximum atomic E-state index is 11.8. The summed E-state index contributed by atoms with van der Waals surface area (Å²) in [5, 5.41) is 0.360. The third-order valence-corrected chi connectivity index (χ3v) is 3.39. The van der Waals surface area contributed by atoms with Gasteiger partial charge in [0.25, 0.3) is 0 Å². The summed E-state index contributed by atoms with van der Waals surface area (Å²) in [6, 6.07) is 12.1.